The van der Waals surface area contributed by atoms with Crippen LogP contribution >= 0.6 is 0 Å². The summed E-state index contributed by atoms with van der Waals surface area (Å²) in [5.41, 5.74) is 0.671. The molecule has 2 fully saturated rings. The molecule has 3 heteroatoms. The summed E-state index contributed by atoms with van der Waals surface area (Å²) in [5.74, 6) is 0.840. The van der Waals surface area contributed by atoms with Gasteiger partial charge in [0.05, 0.1) is 5.60 Å². The molecule has 1 N–H and O–H groups in total. The number of likely N-dealkylation sites (tertiary alicyclic amines) is 1. The third-order valence-electron chi connectivity index (χ3n) is 5.13. The summed E-state index contributed by atoms with van der Waals surface area (Å²) in [6.45, 7) is 3.34. The van der Waals surface area contributed by atoms with E-state index in [4.69, 9.17) is 0 Å². The predicted octanol–water partition coefficient (Wildman–Crippen LogP) is 2.63. The highest BCUT2D eigenvalue weighted by atomic mass is 16.3. The molecule has 2 aliphatic rings. The molecule has 1 aliphatic heterocycles. The van der Waals surface area contributed by atoms with Gasteiger partial charge in [-0.15, -0.1) is 0 Å². The van der Waals surface area contributed by atoms with Crippen molar-refractivity contribution in [3.8, 4) is 0 Å². The van der Waals surface area contributed by atoms with Crippen LogP contribution in [0, 0.1) is 11.8 Å². The molecule has 2 atom stereocenters. The van der Waals surface area contributed by atoms with E-state index >= 15 is 0 Å². The summed E-state index contributed by atoms with van der Waals surface area (Å²) in [4.78, 5) is 14.2. The Kier molecular flexibility index (Phi) is 4.03. The smallest absolute Gasteiger partial charge is 0.222 e. The second-order valence-corrected chi connectivity index (χ2v) is 6.78. The van der Waals surface area contributed by atoms with Crippen molar-refractivity contribution in [1.29, 1.82) is 0 Å². The summed E-state index contributed by atoms with van der Waals surface area (Å²) in [5, 5.41) is 10.7. The van der Waals surface area contributed by atoms with Gasteiger partial charge in [-0.2, -0.15) is 0 Å². The van der Waals surface area contributed by atoms with Crippen molar-refractivity contribution in [2.24, 2.45) is 11.8 Å². The first-order chi connectivity index (χ1) is 10.1. The highest BCUT2D eigenvalue weighted by Gasteiger charge is 2.53. The highest BCUT2D eigenvalue weighted by Crippen LogP contribution is 2.47. The number of β-amino-alcohol motifs (C(OH)–C–C–N with tert-alkyl or cyclic N) is 1. The molecule has 114 valence electrons. The predicted molar refractivity (Wildman–Crippen MR) is 82.8 cm³/mol. The number of carbonyl (C=O) groups excluding carboxylic acids is 1. The van der Waals surface area contributed by atoms with Gasteiger partial charge in [-0.05, 0) is 37.2 Å². The molecule has 0 bridgehead atoms. The molecular weight excluding hydrogens is 262 g/mol. The molecule has 1 amide bonds. The molecule has 0 aromatic heterocycles. The fraction of sp³-hybridized carbons (Fsp3) is 0.611. The van der Waals surface area contributed by atoms with Gasteiger partial charge in [-0.1, -0.05) is 37.3 Å². The van der Waals surface area contributed by atoms with E-state index in [1.165, 1.54) is 5.56 Å². The van der Waals surface area contributed by atoms with Crippen molar-refractivity contribution in [2.75, 3.05) is 13.1 Å². The van der Waals surface area contributed by atoms with Gasteiger partial charge in [0, 0.05) is 25.4 Å². The van der Waals surface area contributed by atoms with Crippen molar-refractivity contribution < 1.29 is 9.90 Å². The Morgan fingerprint density at radius 2 is 2.05 bits per heavy atom. The molecule has 2 unspecified atom stereocenters. The zero-order chi connectivity index (χ0) is 14.9. The first-order valence-corrected chi connectivity index (χ1v) is 8.13. The van der Waals surface area contributed by atoms with Gasteiger partial charge in [0.15, 0.2) is 0 Å². The fourth-order valence-corrected chi connectivity index (χ4v) is 3.57. The number of nitrogens with zero attached hydrogens (tertiary/aromatic N) is 1. The van der Waals surface area contributed by atoms with Crippen LogP contribution in [0.3, 0.4) is 0 Å². The maximum atomic E-state index is 12.3. The molecular formula is C18H25NO2. The number of carbonyl (C=O) groups is 1. The number of amides is 1. The van der Waals surface area contributed by atoms with E-state index in [9.17, 15) is 9.90 Å². The minimum absolute atomic E-state index is 0.203. The maximum Gasteiger partial charge on any atom is 0.222 e. The second-order valence-electron chi connectivity index (χ2n) is 6.78. The second kappa shape index (κ2) is 5.80. The SMILES string of the molecule is CC1CN(C(=O)CCCc2ccccc2)CC1(O)C1CC1. The Hall–Kier alpha value is -1.35. The quantitative estimate of drug-likeness (QED) is 0.904. The minimum atomic E-state index is -0.616. The van der Waals surface area contributed by atoms with E-state index in [-0.39, 0.29) is 11.8 Å². The van der Waals surface area contributed by atoms with Crippen LogP contribution in [-0.2, 0) is 11.2 Å². The lowest BCUT2D eigenvalue weighted by Gasteiger charge is -2.26. The summed E-state index contributed by atoms with van der Waals surface area (Å²) >= 11 is 0. The normalized spacial score (nSPS) is 28.9. The maximum absolute atomic E-state index is 12.3. The molecule has 1 saturated heterocycles. The van der Waals surface area contributed by atoms with Crippen molar-refractivity contribution in [1.82, 2.24) is 4.90 Å². The van der Waals surface area contributed by atoms with E-state index in [0.29, 0.717) is 18.9 Å². The minimum Gasteiger partial charge on any atom is -0.387 e. The number of hydrogen-bond donors (Lipinski definition) is 1. The zero-order valence-corrected chi connectivity index (χ0v) is 12.8. The number of hydrogen-bond acceptors (Lipinski definition) is 2. The van der Waals surface area contributed by atoms with Crippen LogP contribution in [0.25, 0.3) is 0 Å². The van der Waals surface area contributed by atoms with E-state index < -0.39 is 5.60 Å². The van der Waals surface area contributed by atoms with E-state index in [1.54, 1.807) is 0 Å². The Balaban J connectivity index is 1.48. The molecule has 3 nitrogen and oxygen atoms in total. The van der Waals surface area contributed by atoms with Gasteiger partial charge in [-0.25, -0.2) is 0 Å². The van der Waals surface area contributed by atoms with Crippen LogP contribution in [0.2, 0.25) is 0 Å². The molecule has 0 spiro atoms. The first-order valence-electron chi connectivity index (χ1n) is 8.13. The van der Waals surface area contributed by atoms with Crippen LogP contribution in [0.5, 0.6) is 0 Å². The van der Waals surface area contributed by atoms with Gasteiger partial charge in [0.2, 0.25) is 5.91 Å². The van der Waals surface area contributed by atoms with Gasteiger partial charge < -0.3 is 10.0 Å². The summed E-state index contributed by atoms with van der Waals surface area (Å²) in [6.07, 6.45) is 4.66. The van der Waals surface area contributed by atoms with Crippen LogP contribution in [0.15, 0.2) is 30.3 Å². The van der Waals surface area contributed by atoms with Gasteiger partial charge in [0.25, 0.3) is 0 Å². The van der Waals surface area contributed by atoms with Crippen molar-refractivity contribution in [3.63, 3.8) is 0 Å². The molecule has 21 heavy (non-hydrogen) atoms. The average Bonchev–Trinajstić information content (AvgIpc) is 3.28. The lowest BCUT2D eigenvalue weighted by atomic mass is 9.88. The van der Waals surface area contributed by atoms with Gasteiger partial charge in [-0.3, -0.25) is 4.79 Å². The van der Waals surface area contributed by atoms with Crippen molar-refractivity contribution in [2.45, 2.75) is 44.6 Å². The molecule has 1 heterocycles. The monoisotopic (exact) mass is 287 g/mol. The van der Waals surface area contributed by atoms with E-state index in [0.717, 1.165) is 32.2 Å². The van der Waals surface area contributed by atoms with Crippen LogP contribution in [0.1, 0.15) is 38.2 Å². The Morgan fingerprint density at radius 1 is 1.33 bits per heavy atom. The number of aryl methyl sites for hydroxylation is 1. The molecule has 3 rings (SSSR count). The van der Waals surface area contributed by atoms with Gasteiger partial charge in [0.1, 0.15) is 0 Å². The Morgan fingerprint density at radius 3 is 2.71 bits per heavy atom. The standard InChI is InChI=1S/C18H25NO2/c1-14-12-19(13-18(14,21)16-10-11-16)17(20)9-5-8-15-6-3-2-4-7-15/h2-4,6-7,14,16,21H,5,8-13H2,1H3. The molecule has 1 aliphatic carbocycles. The van der Waals surface area contributed by atoms with Crippen molar-refractivity contribution >= 4 is 5.91 Å². The summed E-state index contributed by atoms with van der Waals surface area (Å²) < 4.78 is 0. The molecule has 1 saturated carbocycles. The number of aliphatic hydroxyl groups is 1. The zero-order valence-electron chi connectivity index (χ0n) is 12.8. The first kappa shape index (κ1) is 14.6. The number of rotatable bonds is 5. The van der Waals surface area contributed by atoms with Crippen LogP contribution in [0.4, 0.5) is 0 Å². The molecule has 0 radical (unpaired) electrons. The third-order valence-corrected chi connectivity index (χ3v) is 5.13. The summed E-state index contributed by atoms with van der Waals surface area (Å²) in [7, 11) is 0. The van der Waals surface area contributed by atoms with Gasteiger partial charge >= 0.3 is 0 Å². The Labute approximate surface area is 127 Å². The van der Waals surface area contributed by atoms with Crippen molar-refractivity contribution in [3.05, 3.63) is 35.9 Å². The van der Waals surface area contributed by atoms with E-state index in [1.807, 2.05) is 23.1 Å². The fourth-order valence-electron chi connectivity index (χ4n) is 3.57. The van der Waals surface area contributed by atoms with Crippen LogP contribution < -0.4 is 0 Å². The largest absolute Gasteiger partial charge is 0.387 e. The van der Waals surface area contributed by atoms with Crippen LogP contribution in [-0.4, -0.2) is 34.6 Å². The number of benzene rings is 1. The molecule has 1 aromatic rings. The molecule has 1 aromatic carbocycles. The third kappa shape index (κ3) is 3.13. The Bertz CT molecular complexity index is 497. The highest BCUT2D eigenvalue weighted by molar-refractivity contribution is 5.76. The lowest BCUT2D eigenvalue weighted by Crippen LogP contribution is -2.40. The lowest BCUT2D eigenvalue weighted by molar-refractivity contribution is -0.131. The average molecular weight is 287 g/mol. The summed E-state index contributed by atoms with van der Waals surface area (Å²) in [6, 6.07) is 10.3. The van der Waals surface area contributed by atoms with E-state index in [2.05, 4.69) is 19.1 Å². The topological polar surface area (TPSA) is 40.5 Å².